The first-order chi connectivity index (χ1) is 8.99. The summed E-state index contributed by atoms with van der Waals surface area (Å²) in [7, 11) is 1.44. The predicted molar refractivity (Wildman–Crippen MR) is 68.4 cm³/mol. The van der Waals surface area contributed by atoms with Crippen LogP contribution in [-0.2, 0) is 9.47 Å². The second kappa shape index (κ2) is 5.51. The van der Waals surface area contributed by atoms with Crippen LogP contribution in [0, 0.1) is 11.7 Å². The first kappa shape index (κ1) is 14.4. The summed E-state index contributed by atoms with van der Waals surface area (Å²) in [6.45, 7) is 1.31. The number of aliphatic hydroxyl groups excluding tert-OH is 2. The number of nitrogens with zero attached hydrogens (tertiary/aromatic N) is 1. The zero-order chi connectivity index (χ0) is 14.2. The molecule has 0 aliphatic carbocycles. The van der Waals surface area contributed by atoms with Gasteiger partial charge in [-0.1, -0.05) is 0 Å². The molecular weight excluding hydrogens is 272 g/mol. The summed E-state index contributed by atoms with van der Waals surface area (Å²) in [6, 6.07) is 0. The van der Waals surface area contributed by atoms with Crippen molar-refractivity contribution < 1.29 is 19.7 Å². The summed E-state index contributed by atoms with van der Waals surface area (Å²) in [4.78, 5) is 14.0. The van der Waals surface area contributed by atoms with Crippen molar-refractivity contribution in [3.05, 3.63) is 26.9 Å². The van der Waals surface area contributed by atoms with Gasteiger partial charge in [-0.2, -0.15) is 0 Å². The number of ether oxygens (including phenoxy) is 2. The van der Waals surface area contributed by atoms with Crippen molar-refractivity contribution in [1.29, 1.82) is 0 Å². The Morgan fingerprint density at radius 2 is 2.32 bits per heavy atom. The third-order valence-corrected chi connectivity index (χ3v) is 3.50. The molecule has 2 rings (SSSR count). The van der Waals surface area contributed by atoms with Gasteiger partial charge in [0.1, 0.15) is 18.3 Å². The third-order valence-electron chi connectivity index (χ3n) is 3.18. The molecule has 7 nitrogen and oxygen atoms in total. The zero-order valence-corrected chi connectivity index (χ0v) is 11.4. The molecular formula is C11H16N2O5S. The monoisotopic (exact) mass is 288 g/mol. The van der Waals surface area contributed by atoms with Crippen LogP contribution >= 0.6 is 12.2 Å². The maximum absolute atomic E-state index is 11.4. The second-order valence-electron chi connectivity index (χ2n) is 4.42. The summed E-state index contributed by atoms with van der Waals surface area (Å²) in [5.41, 5.74) is 0.196. The molecule has 4 atom stereocenters. The van der Waals surface area contributed by atoms with Crippen LogP contribution in [0.25, 0.3) is 0 Å². The second-order valence-corrected chi connectivity index (χ2v) is 4.80. The highest BCUT2D eigenvalue weighted by atomic mass is 32.1. The van der Waals surface area contributed by atoms with Crippen molar-refractivity contribution in [3.63, 3.8) is 0 Å². The Bertz CT molecular complexity index is 569. The molecule has 2 heterocycles. The van der Waals surface area contributed by atoms with E-state index in [9.17, 15) is 9.90 Å². The van der Waals surface area contributed by atoms with Crippen molar-refractivity contribution >= 4 is 12.2 Å². The molecule has 1 aliphatic heterocycles. The van der Waals surface area contributed by atoms with Crippen LogP contribution in [-0.4, -0.2) is 51.8 Å². The van der Waals surface area contributed by atoms with Gasteiger partial charge in [0.05, 0.1) is 6.61 Å². The predicted octanol–water partition coefficient (Wildman–Crippen LogP) is -0.520. The van der Waals surface area contributed by atoms with Crippen molar-refractivity contribution in [2.24, 2.45) is 0 Å². The first-order valence-electron chi connectivity index (χ1n) is 5.78. The number of aromatic nitrogens is 2. The van der Waals surface area contributed by atoms with Gasteiger partial charge in [0.25, 0.3) is 5.56 Å². The molecule has 0 unspecified atom stereocenters. The normalized spacial score (nSPS) is 30.7. The van der Waals surface area contributed by atoms with Crippen molar-refractivity contribution in [3.8, 4) is 0 Å². The molecule has 1 aromatic heterocycles. The van der Waals surface area contributed by atoms with Gasteiger partial charge in [-0.05, 0) is 19.1 Å². The maximum Gasteiger partial charge on any atom is 0.254 e. The van der Waals surface area contributed by atoms with Gasteiger partial charge < -0.3 is 19.7 Å². The maximum atomic E-state index is 11.4. The van der Waals surface area contributed by atoms with E-state index in [1.807, 2.05) is 0 Å². The van der Waals surface area contributed by atoms with Crippen LogP contribution in [0.15, 0.2) is 11.0 Å². The highest BCUT2D eigenvalue weighted by Gasteiger charge is 2.44. The van der Waals surface area contributed by atoms with Crippen molar-refractivity contribution in [2.75, 3.05) is 13.7 Å². The summed E-state index contributed by atoms with van der Waals surface area (Å²) < 4.78 is 12.4. The van der Waals surface area contributed by atoms with Crippen LogP contribution in [0.4, 0.5) is 0 Å². The molecule has 1 aliphatic rings. The Hall–Kier alpha value is -1.06. The highest BCUT2D eigenvalue weighted by Crippen LogP contribution is 2.31. The molecule has 0 saturated carbocycles. The summed E-state index contributed by atoms with van der Waals surface area (Å²) >= 11 is 5.08. The number of aromatic amines is 1. The Kier molecular flexibility index (Phi) is 4.16. The van der Waals surface area contributed by atoms with Crippen LogP contribution in [0.5, 0.6) is 0 Å². The average molecular weight is 288 g/mol. The number of aryl methyl sites for hydroxylation is 1. The summed E-state index contributed by atoms with van der Waals surface area (Å²) in [5, 5.41) is 19.1. The molecule has 3 N–H and O–H groups in total. The van der Waals surface area contributed by atoms with E-state index in [1.54, 1.807) is 13.1 Å². The lowest BCUT2D eigenvalue weighted by molar-refractivity contribution is -0.0616. The van der Waals surface area contributed by atoms with E-state index in [-0.39, 0.29) is 16.9 Å². The number of hydrogen-bond acceptors (Lipinski definition) is 6. The van der Waals surface area contributed by atoms with E-state index in [4.69, 9.17) is 26.8 Å². The minimum atomic E-state index is -0.964. The molecule has 1 saturated heterocycles. The van der Waals surface area contributed by atoms with Crippen molar-refractivity contribution in [2.45, 2.75) is 31.5 Å². The third kappa shape index (κ3) is 2.49. The first-order valence-corrected chi connectivity index (χ1v) is 6.19. The fourth-order valence-electron chi connectivity index (χ4n) is 2.12. The Labute approximate surface area is 114 Å². The lowest BCUT2D eigenvalue weighted by Crippen LogP contribution is -2.35. The molecule has 1 aromatic rings. The average Bonchev–Trinajstić information content (AvgIpc) is 2.70. The molecule has 8 heteroatoms. The van der Waals surface area contributed by atoms with Gasteiger partial charge >= 0.3 is 0 Å². The highest BCUT2D eigenvalue weighted by molar-refractivity contribution is 7.71. The largest absolute Gasteiger partial charge is 0.394 e. The van der Waals surface area contributed by atoms with Gasteiger partial charge in [0.2, 0.25) is 0 Å². The molecule has 106 valence electrons. The number of H-pyrrole nitrogens is 1. The Morgan fingerprint density at radius 3 is 2.89 bits per heavy atom. The molecule has 0 aromatic carbocycles. The van der Waals surface area contributed by atoms with Crippen molar-refractivity contribution in [1.82, 2.24) is 9.55 Å². The molecule has 19 heavy (non-hydrogen) atoms. The van der Waals surface area contributed by atoms with Gasteiger partial charge in [-0.15, -0.1) is 0 Å². The molecule has 1 fully saturated rings. The van der Waals surface area contributed by atoms with Crippen LogP contribution in [0.2, 0.25) is 0 Å². The Balaban J connectivity index is 2.44. The lowest BCUT2D eigenvalue weighted by Gasteiger charge is -2.21. The minimum absolute atomic E-state index is 0.174. The standard InChI is InChI=1S/C11H16N2O5S/c1-5-3-13(11(19)12-9(5)16)10-8(17-2)7(15)6(4-14)18-10/h3,6-8,10,14-15H,4H2,1-2H3,(H,12,16,19)/t6-,7-,8-,10-/m1/s1. The van der Waals surface area contributed by atoms with Gasteiger partial charge in [0, 0.05) is 18.9 Å². The fourth-order valence-corrected chi connectivity index (χ4v) is 2.37. The van der Waals surface area contributed by atoms with Gasteiger partial charge in [-0.3, -0.25) is 14.3 Å². The van der Waals surface area contributed by atoms with E-state index in [0.29, 0.717) is 5.56 Å². The summed E-state index contributed by atoms with van der Waals surface area (Å²) in [5.74, 6) is 0. The number of hydrogen-bond donors (Lipinski definition) is 3. The molecule has 0 amide bonds. The quantitative estimate of drug-likeness (QED) is 0.648. The Morgan fingerprint density at radius 1 is 1.63 bits per heavy atom. The fraction of sp³-hybridized carbons (Fsp3) is 0.636. The zero-order valence-electron chi connectivity index (χ0n) is 10.6. The number of nitrogens with one attached hydrogen (secondary N) is 1. The minimum Gasteiger partial charge on any atom is -0.394 e. The molecule has 0 radical (unpaired) electrons. The molecule has 0 bridgehead atoms. The molecule has 0 spiro atoms. The summed E-state index contributed by atoms with van der Waals surface area (Å²) in [6.07, 6.45) is -1.53. The van der Waals surface area contributed by atoms with Crippen LogP contribution < -0.4 is 5.56 Å². The van der Waals surface area contributed by atoms with E-state index in [2.05, 4.69) is 4.98 Å². The van der Waals surface area contributed by atoms with E-state index in [1.165, 1.54) is 11.7 Å². The lowest BCUT2D eigenvalue weighted by atomic mass is 10.1. The topological polar surface area (TPSA) is 96.7 Å². The van der Waals surface area contributed by atoms with E-state index < -0.39 is 24.5 Å². The van der Waals surface area contributed by atoms with E-state index >= 15 is 0 Å². The number of methoxy groups -OCH3 is 1. The number of rotatable bonds is 3. The number of aliphatic hydroxyl groups is 2. The van der Waals surface area contributed by atoms with Crippen LogP contribution in [0.1, 0.15) is 11.8 Å². The van der Waals surface area contributed by atoms with E-state index in [0.717, 1.165) is 0 Å². The smallest absolute Gasteiger partial charge is 0.254 e. The van der Waals surface area contributed by atoms with Gasteiger partial charge in [0.15, 0.2) is 11.0 Å². The van der Waals surface area contributed by atoms with Gasteiger partial charge in [-0.25, -0.2) is 0 Å². The van der Waals surface area contributed by atoms with Crippen LogP contribution in [0.3, 0.4) is 0 Å². The SMILES string of the molecule is CO[C@@H]1[C@H](O)[C@@H](CO)O[C@H]1n1cc(C)c(=O)[nH]c1=S.